The summed E-state index contributed by atoms with van der Waals surface area (Å²) < 4.78 is 33.4. The Bertz CT molecular complexity index is 1220. The van der Waals surface area contributed by atoms with Crippen LogP contribution in [-0.2, 0) is 0 Å². The van der Waals surface area contributed by atoms with Gasteiger partial charge in [-0.05, 0) is 42.8 Å². The van der Waals surface area contributed by atoms with Crippen molar-refractivity contribution < 1.29 is 18.0 Å². The molecule has 3 fully saturated rings. The van der Waals surface area contributed by atoms with E-state index in [0.29, 0.717) is 73.7 Å². The summed E-state index contributed by atoms with van der Waals surface area (Å²) in [5.74, 6) is -2.58. The van der Waals surface area contributed by atoms with E-state index >= 15 is 0 Å². The van der Waals surface area contributed by atoms with Gasteiger partial charge in [0.05, 0.1) is 5.41 Å². The molecule has 1 amide bonds. The Kier molecular flexibility index (Phi) is 4.56. The smallest absolute Gasteiger partial charge is 0.300 e. The average Bonchev–Trinajstić information content (AvgIpc) is 3.21. The average molecular weight is 474 g/mol. The molecule has 0 unspecified atom stereocenters. The number of oxazole rings is 1. The molecule has 3 aliphatic rings. The van der Waals surface area contributed by atoms with E-state index in [9.17, 15) is 13.6 Å². The molecule has 0 atom stereocenters. The van der Waals surface area contributed by atoms with Crippen LogP contribution in [0.25, 0.3) is 11.2 Å². The molecule has 0 bridgehead atoms. The van der Waals surface area contributed by atoms with Gasteiger partial charge < -0.3 is 19.1 Å². The number of amides is 1. The molecule has 33 heavy (non-hydrogen) atoms. The zero-order valence-electron chi connectivity index (χ0n) is 17.8. The molecule has 4 heterocycles. The van der Waals surface area contributed by atoms with Crippen molar-refractivity contribution in [2.45, 2.75) is 18.8 Å². The number of carbonyl (C=O) groups is 1. The molecule has 172 valence electrons. The summed E-state index contributed by atoms with van der Waals surface area (Å²) in [6.45, 7) is 3.02. The van der Waals surface area contributed by atoms with E-state index in [1.807, 2.05) is 21.9 Å². The summed E-state index contributed by atoms with van der Waals surface area (Å²) in [6.07, 6.45) is 0.589. The molecule has 2 aliphatic heterocycles. The summed E-state index contributed by atoms with van der Waals surface area (Å²) in [4.78, 5) is 27.3. The monoisotopic (exact) mass is 473 g/mol. The molecule has 10 heteroatoms. The second-order valence-corrected chi connectivity index (χ2v) is 9.51. The molecule has 2 saturated heterocycles. The Labute approximate surface area is 193 Å². The molecule has 7 nitrogen and oxygen atoms in total. The number of pyridine rings is 1. The van der Waals surface area contributed by atoms with Gasteiger partial charge in [0.15, 0.2) is 5.58 Å². The Hall–Kier alpha value is -2.94. The summed E-state index contributed by atoms with van der Waals surface area (Å²) in [6, 6.07) is 11.1. The number of hydrogen-bond acceptors (Lipinski definition) is 6. The number of fused-ring (bicyclic) bond motifs is 1. The highest BCUT2D eigenvalue weighted by Crippen LogP contribution is 2.59. The number of halogens is 3. The van der Waals surface area contributed by atoms with Gasteiger partial charge in [-0.1, -0.05) is 11.6 Å². The first-order chi connectivity index (χ1) is 15.8. The third kappa shape index (κ3) is 3.32. The maximum absolute atomic E-state index is 13.8. The molecule has 1 saturated carbocycles. The lowest BCUT2D eigenvalue weighted by Crippen LogP contribution is -2.70. The van der Waals surface area contributed by atoms with Crippen LogP contribution in [0, 0.1) is 5.41 Å². The largest absolute Gasteiger partial charge is 0.422 e. The number of nitrogens with zero attached hydrogens (tertiary/aromatic N) is 5. The van der Waals surface area contributed by atoms with Crippen LogP contribution in [0.3, 0.4) is 0 Å². The van der Waals surface area contributed by atoms with Gasteiger partial charge in [0.2, 0.25) is 5.65 Å². The third-order valence-corrected chi connectivity index (χ3v) is 7.42. The number of rotatable bonds is 3. The lowest BCUT2D eigenvalue weighted by molar-refractivity contribution is -0.212. The van der Waals surface area contributed by atoms with Gasteiger partial charge in [0, 0.05) is 56.9 Å². The van der Waals surface area contributed by atoms with Crippen LogP contribution in [0.4, 0.5) is 20.5 Å². The molecule has 6 rings (SSSR count). The number of carbonyl (C=O) groups excluding carboxylic acids is 1. The van der Waals surface area contributed by atoms with Crippen LogP contribution >= 0.6 is 11.6 Å². The normalized spacial score (nSPS) is 21.2. The highest BCUT2D eigenvalue weighted by Gasteiger charge is 2.66. The summed E-state index contributed by atoms with van der Waals surface area (Å²) >= 11 is 5.91. The van der Waals surface area contributed by atoms with E-state index in [4.69, 9.17) is 16.0 Å². The molecule has 1 aliphatic carbocycles. The van der Waals surface area contributed by atoms with Crippen molar-refractivity contribution in [1.82, 2.24) is 14.9 Å². The lowest BCUT2D eigenvalue weighted by Gasteiger charge is -2.60. The van der Waals surface area contributed by atoms with Crippen LogP contribution in [0.5, 0.6) is 0 Å². The van der Waals surface area contributed by atoms with Crippen LogP contribution in [-0.4, -0.2) is 66.0 Å². The molecule has 3 aromatic rings. The van der Waals surface area contributed by atoms with E-state index in [2.05, 4.69) is 9.97 Å². The Morgan fingerprint density at radius 2 is 1.67 bits per heavy atom. The second kappa shape index (κ2) is 7.28. The van der Waals surface area contributed by atoms with Crippen LogP contribution < -0.4 is 9.80 Å². The van der Waals surface area contributed by atoms with E-state index in [1.54, 1.807) is 29.2 Å². The molecule has 0 N–H and O–H groups in total. The number of aromatic nitrogens is 2. The number of anilines is 2. The van der Waals surface area contributed by atoms with Gasteiger partial charge in [-0.3, -0.25) is 4.79 Å². The number of piperazine rings is 1. The van der Waals surface area contributed by atoms with Crippen molar-refractivity contribution in [3.05, 3.63) is 47.1 Å². The van der Waals surface area contributed by atoms with E-state index in [0.717, 1.165) is 5.69 Å². The van der Waals surface area contributed by atoms with Crippen LogP contribution in [0.1, 0.15) is 23.2 Å². The van der Waals surface area contributed by atoms with Gasteiger partial charge in [-0.2, -0.15) is 4.98 Å². The lowest BCUT2D eigenvalue weighted by atomic mass is 9.60. The maximum atomic E-state index is 13.8. The summed E-state index contributed by atoms with van der Waals surface area (Å²) in [7, 11) is 0. The number of hydrogen-bond donors (Lipinski definition) is 0. The highest BCUT2D eigenvalue weighted by atomic mass is 35.5. The Morgan fingerprint density at radius 3 is 2.30 bits per heavy atom. The molecule has 0 radical (unpaired) electrons. The Morgan fingerprint density at radius 1 is 0.939 bits per heavy atom. The molecule has 1 aromatic carbocycles. The maximum Gasteiger partial charge on any atom is 0.300 e. The van der Waals surface area contributed by atoms with Gasteiger partial charge in [-0.15, -0.1) is 0 Å². The fourth-order valence-corrected chi connectivity index (χ4v) is 5.08. The molecule has 1 spiro atoms. The van der Waals surface area contributed by atoms with Crippen molar-refractivity contribution in [2.24, 2.45) is 5.41 Å². The molecular formula is C23H22ClF2N5O2. The van der Waals surface area contributed by atoms with Crippen LogP contribution in [0.2, 0.25) is 5.15 Å². The predicted octanol–water partition coefficient (Wildman–Crippen LogP) is 4.07. The number of alkyl halides is 2. The third-order valence-electron chi connectivity index (χ3n) is 7.21. The minimum absolute atomic E-state index is 0.000805. The first-order valence-electron chi connectivity index (χ1n) is 11.0. The van der Waals surface area contributed by atoms with Gasteiger partial charge >= 0.3 is 0 Å². The minimum atomic E-state index is -2.54. The van der Waals surface area contributed by atoms with Crippen molar-refractivity contribution >= 4 is 40.4 Å². The first kappa shape index (κ1) is 20.7. The SMILES string of the molecule is O=C(c1ccc(N2CC3(CCC3(F)F)C2)cc1)N1CCN(c2nc3nc(Cl)ccc3o2)CC1. The van der Waals surface area contributed by atoms with Crippen LogP contribution in [0.15, 0.2) is 40.8 Å². The van der Waals surface area contributed by atoms with Crippen molar-refractivity contribution in [3.8, 4) is 0 Å². The van der Waals surface area contributed by atoms with Gasteiger partial charge in [-0.25, -0.2) is 13.8 Å². The fourth-order valence-electron chi connectivity index (χ4n) is 4.94. The summed E-state index contributed by atoms with van der Waals surface area (Å²) in [5.41, 5.74) is 1.68. The number of benzene rings is 1. The quantitative estimate of drug-likeness (QED) is 0.534. The summed E-state index contributed by atoms with van der Waals surface area (Å²) in [5, 5.41) is 0.360. The van der Waals surface area contributed by atoms with Gasteiger partial charge in [0.1, 0.15) is 5.15 Å². The highest BCUT2D eigenvalue weighted by molar-refractivity contribution is 6.29. The molecular weight excluding hydrogens is 452 g/mol. The van der Waals surface area contributed by atoms with E-state index in [-0.39, 0.29) is 12.3 Å². The first-order valence-corrected chi connectivity index (χ1v) is 11.4. The van der Waals surface area contributed by atoms with E-state index < -0.39 is 11.3 Å². The predicted molar refractivity (Wildman–Crippen MR) is 120 cm³/mol. The fraction of sp³-hybridized carbons (Fsp3) is 0.435. The van der Waals surface area contributed by atoms with Crippen molar-refractivity contribution in [2.75, 3.05) is 49.1 Å². The van der Waals surface area contributed by atoms with Crippen molar-refractivity contribution in [3.63, 3.8) is 0 Å². The zero-order chi connectivity index (χ0) is 22.8. The standard InChI is InChI=1S/C23H22ClF2N5O2/c24-18-6-5-17-19(27-18)28-21(33-17)30-11-9-29(10-12-30)20(32)15-1-3-16(4-2-15)31-13-22(14-31)7-8-23(22,25)26/h1-6H,7-14H2. The van der Waals surface area contributed by atoms with Crippen molar-refractivity contribution in [1.29, 1.82) is 0 Å². The molecule has 2 aromatic heterocycles. The van der Waals surface area contributed by atoms with Gasteiger partial charge in [0.25, 0.3) is 17.8 Å². The zero-order valence-corrected chi connectivity index (χ0v) is 18.6. The van der Waals surface area contributed by atoms with E-state index in [1.165, 1.54) is 0 Å². The second-order valence-electron chi connectivity index (χ2n) is 9.12. The minimum Gasteiger partial charge on any atom is -0.422 e. The Balaban J connectivity index is 1.06. The topological polar surface area (TPSA) is 65.7 Å².